The van der Waals surface area contributed by atoms with Crippen LogP contribution in [0.5, 0.6) is 0 Å². The zero-order valence-electron chi connectivity index (χ0n) is 11.5. The van der Waals surface area contributed by atoms with Gasteiger partial charge < -0.3 is 15.2 Å². The second kappa shape index (κ2) is 5.18. The Kier molecular flexibility index (Phi) is 3.20. The molecule has 22 heavy (non-hydrogen) atoms. The summed E-state index contributed by atoms with van der Waals surface area (Å²) in [6.45, 7) is 1.67. The SMILES string of the molecule is Cc1cc(NC(=O)/C(C#N)=C2\C(=O)Nc3ccccc32)no1. The van der Waals surface area contributed by atoms with E-state index in [1.54, 1.807) is 37.3 Å². The molecule has 0 saturated carbocycles. The van der Waals surface area contributed by atoms with Gasteiger partial charge in [-0.15, -0.1) is 0 Å². The third-order valence-corrected chi connectivity index (χ3v) is 3.13. The molecule has 2 N–H and O–H groups in total. The van der Waals surface area contributed by atoms with Gasteiger partial charge in [-0.1, -0.05) is 23.4 Å². The van der Waals surface area contributed by atoms with Crippen molar-refractivity contribution in [3.8, 4) is 6.07 Å². The molecule has 0 aliphatic carbocycles. The van der Waals surface area contributed by atoms with E-state index in [9.17, 15) is 14.9 Å². The number of aromatic nitrogens is 1. The number of benzene rings is 1. The highest BCUT2D eigenvalue weighted by atomic mass is 16.5. The molecule has 0 saturated heterocycles. The minimum absolute atomic E-state index is 0.0517. The largest absolute Gasteiger partial charge is 0.360 e. The summed E-state index contributed by atoms with van der Waals surface area (Å²) >= 11 is 0. The predicted molar refractivity (Wildman–Crippen MR) is 77.5 cm³/mol. The molecule has 108 valence electrons. The lowest BCUT2D eigenvalue weighted by molar-refractivity contribution is -0.113. The number of carbonyl (C=O) groups excluding carboxylic acids is 2. The summed E-state index contributed by atoms with van der Waals surface area (Å²) in [4.78, 5) is 24.3. The molecule has 2 heterocycles. The molecular weight excluding hydrogens is 284 g/mol. The number of amides is 2. The van der Waals surface area contributed by atoms with Gasteiger partial charge in [-0.25, -0.2) is 0 Å². The molecule has 2 amide bonds. The molecule has 0 atom stereocenters. The Morgan fingerprint density at radius 1 is 1.41 bits per heavy atom. The van der Waals surface area contributed by atoms with Crippen molar-refractivity contribution in [2.24, 2.45) is 0 Å². The highest BCUT2D eigenvalue weighted by Crippen LogP contribution is 2.33. The fourth-order valence-corrected chi connectivity index (χ4v) is 2.19. The van der Waals surface area contributed by atoms with Crippen LogP contribution in [-0.2, 0) is 9.59 Å². The fourth-order valence-electron chi connectivity index (χ4n) is 2.19. The van der Waals surface area contributed by atoms with Gasteiger partial charge >= 0.3 is 0 Å². The van der Waals surface area contributed by atoms with E-state index in [1.807, 2.05) is 0 Å². The number of anilines is 2. The maximum atomic E-state index is 12.2. The second-order valence-corrected chi connectivity index (χ2v) is 4.64. The van der Waals surface area contributed by atoms with Gasteiger partial charge in [-0.05, 0) is 13.0 Å². The van der Waals surface area contributed by atoms with Gasteiger partial charge in [0.05, 0.1) is 5.57 Å². The Labute approximate surface area is 125 Å². The van der Waals surface area contributed by atoms with Crippen molar-refractivity contribution >= 4 is 28.9 Å². The second-order valence-electron chi connectivity index (χ2n) is 4.64. The molecule has 1 aromatic heterocycles. The predicted octanol–water partition coefficient (Wildman–Crippen LogP) is 1.85. The topological polar surface area (TPSA) is 108 Å². The maximum Gasteiger partial charge on any atom is 0.268 e. The highest BCUT2D eigenvalue weighted by molar-refractivity contribution is 6.37. The highest BCUT2D eigenvalue weighted by Gasteiger charge is 2.30. The zero-order chi connectivity index (χ0) is 15.7. The monoisotopic (exact) mass is 294 g/mol. The zero-order valence-corrected chi connectivity index (χ0v) is 11.5. The summed E-state index contributed by atoms with van der Waals surface area (Å²) in [5, 5.41) is 18.0. The van der Waals surface area contributed by atoms with Crippen molar-refractivity contribution in [1.82, 2.24) is 5.16 Å². The Morgan fingerprint density at radius 3 is 2.86 bits per heavy atom. The van der Waals surface area contributed by atoms with Crippen LogP contribution in [0.3, 0.4) is 0 Å². The number of aryl methyl sites for hydroxylation is 1. The lowest BCUT2D eigenvalue weighted by atomic mass is 10.0. The van der Waals surface area contributed by atoms with Crippen LogP contribution in [0.25, 0.3) is 5.57 Å². The number of para-hydroxylation sites is 1. The van der Waals surface area contributed by atoms with Crippen LogP contribution >= 0.6 is 0 Å². The maximum absolute atomic E-state index is 12.2. The molecule has 3 rings (SSSR count). The first-order valence-electron chi connectivity index (χ1n) is 6.40. The minimum atomic E-state index is -0.711. The number of hydrogen-bond donors (Lipinski definition) is 2. The number of hydrogen-bond acceptors (Lipinski definition) is 5. The number of carbonyl (C=O) groups is 2. The van der Waals surface area contributed by atoms with Gasteiger partial charge in [-0.3, -0.25) is 9.59 Å². The minimum Gasteiger partial charge on any atom is -0.360 e. The van der Waals surface area contributed by atoms with Crippen molar-refractivity contribution in [3.63, 3.8) is 0 Å². The summed E-state index contributed by atoms with van der Waals surface area (Å²) in [6, 6.07) is 10.2. The summed E-state index contributed by atoms with van der Waals surface area (Å²) in [5.41, 5.74) is 0.870. The first-order valence-corrected chi connectivity index (χ1v) is 6.40. The number of rotatable bonds is 2. The van der Waals surface area contributed by atoms with E-state index >= 15 is 0 Å². The standard InChI is InChI=1S/C15H10N4O3/c1-8-6-12(19-22-8)18-14(20)10(7-16)13-9-4-2-3-5-11(9)17-15(13)21/h2-6H,1H3,(H,17,21)(H,18,19,20)/b13-10-. The molecular formula is C15H10N4O3. The molecule has 1 aliphatic heterocycles. The molecule has 1 aromatic carbocycles. The van der Waals surface area contributed by atoms with Gasteiger partial charge in [0, 0.05) is 17.3 Å². The molecule has 0 spiro atoms. The molecule has 1 aliphatic rings. The summed E-state index contributed by atoms with van der Waals surface area (Å²) in [7, 11) is 0. The number of nitrogens with zero attached hydrogens (tertiary/aromatic N) is 2. The van der Waals surface area contributed by atoms with Crippen molar-refractivity contribution in [2.45, 2.75) is 6.92 Å². The average molecular weight is 294 g/mol. The molecule has 7 heteroatoms. The molecule has 0 unspecified atom stereocenters. The molecule has 0 radical (unpaired) electrons. The van der Waals surface area contributed by atoms with Crippen LogP contribution in [0.2, 0.25) is 0 Å². The van der Waals surface area contributed by atoms with E-state index in [1.165, 1.54) is 6.07 Å². The number of nitriles is 1. The normalized spacial score (nSPS) is 14.8. The van der Waals surface area contributed by atoms with E-state index in [2.05, 4.69) is 15.8 Å². The van der Waals surface area contributed by atoms with E-state index in [4.69, 9.17) is 4.52 Å². The van der Waals surface area contributed by atoms with E-state index in [0.717, 1.165) is 0 Å². The van der Waals surface area contributed by atoms with Gasteiger partial charge in [0.25, 0.3) is 11.8 Å². The van der Waals surface area contributed by atoms with Crippen molar-refractivity contribution in [2.75, 3.05) is 10.6 Å². The Balaban J connectivity index is 2.01. The number of nitrogens with one attached hydrogen (secondary N) is 2. The van der Waals surface area contributed by atoms with E-state index in [-0.39, 0.29) is 17.0 Å². The number of fused-ring (bicyclic) bond motifs is 1. The van der Waals surface area contributed by atoms with Gasteiger partial charge in [0.1, 0.15) is 17.4 Å². The van der Waals surface area contributed by atoms with Crippen molar-refractivity contribution < 1.29 is 14.1 Å². The Morgan fingerprint density at radius 2 is 2.18 bits per heavy atom. The van der Waals surface area contributed by atoms with E-state index < -0.39 is 11.8 Å². The molecule has 2 aromatic rings. The van der Waals surface area contributed by atoms with Crippen LogP contribution in [0, 0.1) is 18.3 Å². The lowest BCUT2D eigenvalue weighted by Crippen LogP contribution is -2.17. The first-order chi connectivity index (χ1) is 10.6. The third-order valence-electron chi connectivity index (χ3n) is 3.13. The van der Waals surface area contributed by atoms with Crippen LogP contribution in [0.15, 0.2) is 40.4 Å². The van der Waals surface area contributed by atoms with Crippen LogP contribution in [0.1, 0.15) is 11.3 Å². The first kappa shape index (κ1) is 13.6. The van der Waals surface area contributed by atoms with Gasteiger partial charge in [0.2, 0.25) is 0 Å². The lowest BCUT2D eigenvalue weighted by Gasteiger charge is -2.03. The van der Waals surface area contributed by atoms with Crippen LogP contribution < -0.4 is 10.6 Å². The van der Waals surface area contributed by atoms with Crippen LogP contribution in [0.4, 0.5) is 11.5 Å². The molecule has 0 fully saturated rings. The Hall–Kier alpha value is -3.40. The quantitative estimate of drug-likeness (QED) is 0.649. The van der Waals surface area contributed by atoms with Crippen molar-refractivity contribution in [1.29, 1.82) is 5.26 Å². The molecule has 0 bridgehead atoms. The van der Waals surface area contributed by atoms with Crippen LogP contribution in [-0.4, -0.2) is 17.0 Å². The average Bonchev–Trinajstić information content (AvgIpc) is 3.04. The van der Waals surface area contributed by atoms with E-state index in [0.29, 0.717) is 17.0 Å². The molecule has 7 nitrogen and oxygen atoms in total. The van der Waals surface area contributed by atoms with Crippen molar-refractivity contribution in [3.05, 3.63) is 47.2 Å². The smallest absolute Gasteiger partial charge is 0.268 e. The summed E-state index contributed by atoms with van der Waals surface area (Å²) in [6.07, 6.45) is 0. The van der Waals surface area contributed by atoms with Gasteiger partial charge in [0.15, 0.2) is 5.82 Å². The summed E-state index contributed by atoms with van der Waals surface area (Å²) < 4.78 is 4.84. The summed E-state index contributed by atoms with van der Waals surface area (Å²) in [5.74, 6) is -0.491. The fraction of sp³-hybridized carbons (Fsp3) is 0.0667. The Bertz CT molecular complexity index is 858. The van der Waals surface area contributed by atoms with Gasteiger partial charge in [-0.2, -0.15) is 5.26 Å². The third kappa shape index (κ3) is 2.23.